The SMILES string of the molecule is C.C.C=C(NC(C)(C)C[S-](=O)=O)C(C)CC.[Na+].[OH-]. The summed E-state index contributed by atoms with van der Waals surface area (Å²) in [4.78, 5) is 0. The quantitative estimate of drug-likeness (QED) is 0.565. The molecule has 18 heavy (non-hydrogen) atoms. The van der Waals surface area contributed by atoms with Gasteiger partial charge < -0.3 is 19.2 Å². The Kier molecular flexibility index (Phi) is 23.9. The van der Waals surface area contributed by atoms with E-state index in [1.165, 1.54) is 0 Å². The first-order valence-electron chi connectivity index (χ1n) is 4.81. The molecule has 0 aliphatic carbocycles. The van der Waals surface area contributed by atoms with Crippen LogP contribution in [0.15, 0.2) is 12.3 Å². The van der Waals surface area contributed by atoms with Gasteiger partial charge in [0.05, 0.1) is 0 Å². The van der Waals surface area contributed by atoms with Crippen molar-refractivity contribution in [3.8, 4) is 0 Å². The molecule has 0 saturated heterocycles. The Hall–Kier alpha value is 0.450. The van der Waals surface area contributed by atoms with Crippen molar-refractivity contribution in [1.29, 1.82) is 0 Å². The van der Waals surface area contributed by atoms with Crippen LogP contribution in [0.1, 0.15) is 49.0 Å². The van der Waals surface area contributed by atoms with Crippen LogP contribution >= 0.6 is 0 Å². The van der Waals surface area contributed by atoms with Gasteiger partial charge in [0.2, 0.25) is 0 Å². The molecule has 4 nitrogen and oxygen atoms in total. The van der Waals surface area contributed by atoms with E-state index in [4.69, 9.17) is 0 Å². The molecule has 108 valence electrons. The molecule has 0 spiro atoms. The fourth-order valence-corrected chi connectivity index (χ4v) is 1.80. The van der Waals surface area contributed by atoms with E-state index in [0.717, 1.165) is 12.1 Å². The monoisotopic (exact) mass is 290 g/mol. The van der Waals surface area contributed by atoms with Crippen LogP contribution in [0.3, 0.4) is 0 Å². The zero-order valence-corrected chi connectivity index (χ0v) is 13.7. The van der Waals surface area contributed by atoms with Crippen molar-refractivity contribution in [2.24, 2.45) is 5.92 Å². The zero-order chi connectivity index (χ0) is 11.4. The van der Waals surface area contributed by atoms with Gasteiger partial charge in [0.1, 0.15) is 0 Å². The largest absolute Gasteiger partial charge is 1.00 e. The van der Waals surface area contributed by atoms with E-state index < -0.39 is 16.2 Å². The summed E-state index contributed by atoms with van der Waals surface area (Å²) < 4.78 is 21.1. The molecule has 0 aromatic heterocycles. The minimum Gasteiger partial charge on any atom is -0.870 e. The van der Waals surface area contributed by atoms with Crippen LogP contribution in [-0.4, -0.2) is 16.8 Å². The van der Waals surface area contributed by atoms with Gasteiger partial charge in [-0.15, -0.1) is 0 Å². The van der Waals surface area contributed by atoms with Gasteiger partial charge >= 0.3 is 29.6 Å². The molecule has 0 rings (SSSR count). The van der Waals surface area contributed by atoms with E-state index in [2.05, 4.69) is 25.7 Å². The molecule has 0 aliphatic rings. The van der Waals surface area contributed by atoms with Crippen LogP contribution in [0, 0.1) is 5.92 Å². The third-order valence-electron chi connectivity index (χ3n) is 2.18. The zero-order valence-electron chi connectivity index (χ0n) is 10.9. The normalized spacial score (nSPS) is 10.9. The maximum Gasteiger partial charge on any atom is 1.00 e. The van der Waals surface area contributed by atoms with Crippen LogP contribution in [0.2, 0.25) is 0 Å². The molecule has 2 N–H and O–H groups in total. The standard InChI is InChI=1S/C10H20NO2S.2CH4.Na.H2O/c1-6-8(2)9(3)11-10(4,5)7-14(12)13;;;;/h8,11H,3,6-7H2,1-2,4-5H3;2*1H4;;1H2/q-1;;;+1;/p-1. The molecule has 0 fully saturated rings. The topological polar surface area (TPSA) is 76.2 Å². The third kappa shape index (κ3) is 14.5. The van der Waals surface area contributed by atoms with Gasteiger partial charge in [-0.05, 0) is 31.9 Å². The molecule has 0 aromatic carbocycles. The fourth-order valence-electron chi connectivity index (χ4n) is 1.13. The molecule has 0 bridgehead atoms. The van der Waals surface area contributed by atoms with E-state index in [1.807, 2.05) is 13.8 Å². The molecule has 6 heteroatoms. The Morgan fingerprint density at radius 3 is 2.00 bits per heavy atom. The van der Waals surface area contributed by atoms with Crippen molar-refractivity contribution in [2.75, 3.05) is 5.75 Å². The maximum absolute atomic E-state index is 10.6. The molecule has 1 unspecified atom stereocenters. The van der Waals surface area contributed by atoms with Crippen molar-refractivity contribution in [1.82, 2.24) is 5.32 Å². The molecule has 1 atom stereocenters. The van der Waals surface area contributed by atoms with Gasteiger partial charge in [-0.1, -0.05) is 46.0 Å². The summed E-state index contributed by atoms with van der Waals surface area (Å²) in [7, 11) is -2.02. The number of nitrogens with one attached hydrogen (secondary N) is 1. The molecule has 0 aliphatic heterocycles. The van der Waals surface area contributed by atoms with Crippen molar-refractivity contribution in [3.05, 3.63) is 12.3 Å². The van der Waals surface area contributed by atoms with Crippen LogP contribution < -0.4 is 34.9 Å². The predicted molar refractivity (Wildman–Crippen MR) is 74.8 cm³/mol. The number of hydrogen-bond acceptors (Lipinski definition) is 5. The average molecular weight is 290 g/mol. The Morgan fingerprint density at radius 1 is 1.33 bits per heavy atom. The summed E-state index contributed by atoms with van der Waals surface area (Å²) in [5.41, 5.74) is 0.468. The summed E-state index contributed by atoms with van der Waals surface area (Å²) in [6.07, 6.45) is 1.00. The Balaban J connectivity index is -0.000000141. The first-order chi connectivity index (χ1) is 6.28. The van der Waals surface area contributed by atoms with Gasteiger partial charge in [0.25, 0.3) is 0 Å². The average Bonchev–Trinajstić information content (AvgIpc) is 1.99. The van der Waals surface area contributed by atoms with E-state index >= 15 is 0 Å². The molecular formula is C12H29NNaO3S-. The Morgan fingerprint density at radius 2 is 1.72 bits per heavy atom. The van der Waals surface area contributed by atoms with E-state index in [-0.39, 0.29) is 55.6 Å². The summed E-state index contributed by atoms with van der Waals surface area (Å²) in [5, 5.41) is 3.15. The van der Waals surface area contributed by atoms with Gasteiger partial charge in [-0.3, -0.25) is 0 Å². The third-order valence-corrected chi connectivity index (χ3v) is 3.14. The molecule has 0 aromatic rings. The van der Waals surface area contributed by atoms with Gasteiger partial charge in [0, 0.05) is 11.2 Å². The van der Waals surface area contributed by atoms with Crippen LogP contribution in [-0.2, 0) is 19.1 Å². The van der Waals surface area contributed by atoms with Gasteiger partial charge in [0.15, 0.2) is 0 Å². The molecule has 0 radical (unpaired) electrons. The second-order valence-electron chi connectivity index (χ2n) is 4.29. The molecule has 0 heterocycles. The second-order valence-corrected chi connectivity index (χ2v) is 5.19. The van der Waals surface area contributed by atoms with Crippen molar-refractivity contribution >= 4 is 10.7 Å². The fraction of sp³-hybridized carbons (Fsp3) is 0.833. The second kappa shape index (κ2) is 13.9. The Labute approximate surface area is 137 Å². The van der Waals surface area contributed by atoms with Crippen LogP contribution in [0.25, 0.3) is 0 Å². The van der Waals surface area contributed by atoms with Crippen LogP contribution in [0.5, 0.6) is 0 Å². The summed E-state index contributed by atoms with van der Waals surface area (Å²) >= 11 is 0. The van der Waals surface area contributed by atoms with Crippen molar-refractivity contribution in [2.45, 2.75) is 54.5 Å². The molecule has 0 amide bonds. The van der Waals surface area contributed by atoms with Crippen molar-refractivity contribution in [3.63, 3.8) is 0 Å². The molecule has 0 saturated carbocycles. The summed E-state index contributed by atoms with van der Waals surface area (Å²) in [5.74, 6) is 0.469. The van der Waals surface area contributed by atoms with E-state index in [0.29, 0.717) is 5.92 Å². The summed E-state index contributed by atoms with van der Waals surface area (Å²) in [6, 6.07) is 0. The first-order valence-corrected chi connectivity index (χ1v) is 6.05. The van der Waals surface area contributed by atoms with Gasteiger partial charge in [-0.2, -0.15) is 0 Å². The minimum absolute atomic E-state index is 0. The number of rotatable bonds is 6. The predicted octanol–water partition coefficient (Wildman–Crippen LogP) is 0.323. The van der Waals surface area contributed by atoms with Crippen molar-refractivity contribution < 1.29 is 43.5 Å². The number of hydrogen-bond donors (Lipinski definition) is 1. The smallest absolute Gasteiger partial charge is 0.870 e. The van der Waals surface area contributed by atoms with Crippen LogP contribution in [0.4, 0.5) is 0 Å². The van der Waals surface area contributed by atoms with E-state index in [9.17, 15) is 8.42 Å². The minimum atomic E-state index is -2.02. The first kappa shape index (κ1) is 31.1. The maximum atomic E-state index is 10.6. The van der Waals surface area contributed by atoms with Gasteiger partial charge in [-0.25, -0.2) is 0 Å². The number of allylic oxidation sites excluding steroid dienone is 1. The summed E-state index contributed by atoms with van der Waals surface area (Å²) in [6.45, 7) is 11.8. The Bertz CT molecular complexity index is 270. The molecular weight excluding hydrogens is 261 g/mol. The van der Waals surface area contributed by atoms with E-state index in [1.54, 1.807) is 0 Å².